The van der Waals surface area contributed by atoms with Crippen LogP contribution in [0.3, 0.4) is 0 Å². The number of benzene rings is 1. The number of hydrogen-bond acceptors (Lipinski definition) is 2. The van der Waals surface area contributed by atoms with E-state index in [1.807, 2.05) is 24.3 Å². The summed E-state index contributed by atoms with van der Waals surface area (Å²) in [5.41, 5.74) is 1.89. The van der Waals surface area contributed by atoms with Crippen LogP contribution in [0.4, 0.5) is 0 Å². The largest absolute Gasteiger partial charge is 0.465 e. The Balaban J connectivity index is 1.81. The van der Waals surface area contributed by atoms with Crippen molar-refractivity contribution in [3.8, 4) is 0 Å². The first-order valence-electron chi connectivity index (χ1n) is 6.32. The lowest BCUT2D eigenvalue weighted by molar-refractivity contribution is 0.0600. The van der Waals surface area contributed by atoms with Crippen LogP contribution in [-0.2, 0) is 11.2 Å². The van der Waals surface area contributed by atoms with Gasteiger partial charge < -0.3 is 4.74 Å². The molecule has 0 fully saturated rings. The highest BCUT2D eigenvalue weighted by atomic mass is 16.5. The first-order valence-corrected chi connectivity index (χ1v) is 6.32. The fourth-order valence-electron chi connectivity index (χ4n) is 2.14. The van der Waals surface area contributed by atoms with Crippen LogP contribution in [-0.4, -0.2) is 13.1 Å². The van der Waals surface area contributed by atoms with Crippen molar-refractivity contribution in [3.63, 3.8) is 0 Å². The Hall–Kier alpha value is -1.83. The van der Waals surface area contributed by atoms with Crippen molar-refractivity contribution in [2.75, 3.05) is 7.11 Å². The first kappa shape index (κ1) is 12.6. The van der Waals surface area contributed by atoms with Gasteiger partial charge in [0.2, 0.25) is 0 Å². The molecule has 0 heterocycles. The van der Waals surface area contributed by atoms with Crippen molar-refractivity contribution in [2.24, 2.45) is 5.92 Å². The predicted molar refractivity (Wildman–Crippen MR) is 72.5 cm³/mol. The summed E-state index contributed by atoms with van der Waals surface area (Å²) in [4.78, 5) is 11.3. The van der Waals surface area contributed by atoms with Crippen LogP contribution in [0.15, 0.2) is 48.6 Å². The van der Waals surface area contributed by atoms with Crippen LogP contribution in [0, 0.1) is 5.92 Å². The number of aryl methyl sites for hydroxylation is 1. The molecule has 0 aromatic heterocycles. The minimum absolute atomic E-state index is 0.275. The number of hydrogen-bond donors (Lipinski definition) is 0. The first-order chi connectivity index (χ1) is 8.79. The topological polar surface area (TPSA) is 26.3 Å². The van der Waals surface area contributed by atoms with E-state index in [0.29, 0.717) is 11.5 Å². The van der Waals surface area contributed by atoms with Gasteiger partial charge in [-0.3, -0.25) is 0 Å². The molecule has 94 valence electrons. The summed E-state index contributed by atoms with van der Waals surface area (Å²) in [5, 5.41) is 0. The third-order valence-corrected chi connectivity index (χ3v) is 3.21. The van der Waals surface area contributed by atoms with Crippen LogP contribution in [0.5, 0.6) is 0 Å². The van der Waals surface area contributed by atoms with Gasteiger partial charge in [0.1, 0.15) is 0 Å². The molecule has 0 N–H and O–H groups in total. The van der Waals surface area contributed by atoms with Gasteiger partial charge in [0.05, 0.1) is 12.7 Å². The van der Waals surface area contributed by atoms with E-state index in [1.165, 1.54) is 19.1 Å². The number of esters is 1. The van der Waals surface area contributed by atoms with E-state index in [4.69, 9.17) is 0 Å². The van der Waals surface area contributed by atoms with Gasteiger partial charge in [-0.2, -0.15) is 0 Å². The quantitative estimate of drug-likeness (QED) is 0.738. The summed E-state index contributed by atoms with van der Waals surface area (Å²) in [5.74, 6) is 0.335. The van der Waals surface area contributed by atoms with Gasteiger partial charge in [-0.15, -0.1) is 0 Å². The third-order valence-electron chi connectivity index (χ3n) is 3.21. The second kappa shape index (κ2) is 6.20. The van der Waals surface area contributed by atoms with Crippen molar-refractivity contribution in [2.45, 2.75) is 19.3 Å². The van der Waals surface area contributed by atoms with Crippen molar-refractivity contribution < 1.29 is 9.53 Å². The highest BCUT2D eigenvalue weighted by Gasteiger charge is 2.05. The maximum atomic E-state index is 11.3. The van der Waals surface area contributed by atoms with Crippen LogP contribution in [0.2, 0.25) is 0 Å². The Labute approximate surface area is 108 Å². The van der Waals surface area contributed by atoms with Gasteiger partial charge >= 0.3 is 5.97 Å². The lowest BCUT2D eigenvalue weighted by Crippen LogP contribution is -2.01. The number of methoxy groups -OCH3 is 1. The molecule has 0 atom stereocenters. The van der Waals surface area contributed by atoms with E-state index in [-0.39, 0.29) is 5.97 Å². The van der Waals surface area contributed by atoms with E-state index in [9.17, 15) is 4.79 Å². The Kier molecular flexibility index (Phi) is 4.35. The highest BCUT2D eigenvalue weighted by molar-refractivity contribution is 5.89. The van der Waals surface area contributed by atoms with Gasteiger partial charge in [0, 0.05) is 0 Å². The summed E-state index contributed by atoms with van der Waals surface area (Å²) in [7, 11) is 1.40. The molecular weight excluding hydrogens is 224 g/mol. The zero-order chi connectivity index (χ0) is 12.8. The number of allylic oxidation sites excluding steroid dienone is 4. The molecule has 0 unspecified atom stereocenters. The summed E-state index contributed by atoms with van der Waals surface area (Å²) in [6.45, 7) is 0. The molecule has 2 nitrogen and oxygen atoms in total. The highest BCUT2D eigenvalue weighted by Crippen LogP contribution is 2.17. The summed E-state index contributed by atoms with van der Waals surface area (Å²) >= 11 is 0. The Bertz CT molecular complexity index is 442. The molecule has 0 saturated carbocycles. The second-order valence-corrected chi connectivity index (χ2v) is 4.51. The van der Waals surface area contributed by atoms with E-state index in [0.717, 1.165) is 12.8 Å². The van der Waals surface area contributed by atoms with Gasteiger partial charge in [-0.25, -0.2) is 4.79 Å². The molecule has 0 saturated heterocycles. The normalized spacial score (nSPS) is 14.1. The average Bonchev–Trinajstić information content (AvgIpc) is 2.92. The summed E-state index contributed by atoms with van der Waals surface area (Å²) in [6.07, 6.45) is 12.1. The lowest BCUT2D eigenvalue weighted by atomic mass is 10.0. The number of ether oxygens (including phenoxy) is 1. The lowest BCUT2D eigenvalue weighted by Gasteiger charge is -2.06. The molecule has 2 heteroatoms. The van der Waals surface area contributed by atoms with E-state index >= 15 is 0 Å². The standard InChI is InChI=1S/C16H18O2/c1-18-16(17)15-11-9-14(10-12-15)8-4-7-13-5-2-3-6-13/h2-3,5-6,9-13H,4,7-8H2,1H3. The monoisotopic (exact) mass is 242 g/mol. The van der Waals surface area contributed by atoms with E-state index in [2.05, 4.69) is 29.0 Å². The third kappa shape index (κ3) is 3.33. The molecule has 0 radical (unpaired) electrons. The maximum Gasteiger partial charge on any atom is 0.337 e. The van der Waals surface area contributed by atoms with E-state index in [1.54, 1.807) is 0 Å². The molecule has 1 aliphatic rings. The van der Waals surface area contributed by atoms with Crippen LogP contribution >= 0.6 is 0 Å². The Morgan fingerprint density at radius 1 is 1.17 bits per heavy atom. The molecule has 0 amide bonds. The molecule has 1 aromatic carbocycles. The summed E-state index contributed by atoms with van der Waals surface area (Å²) < 4.78 is 4.67. The van der Waals surface area contributed by atoms with Crippen molar-refractivity contribution in [1.82, 2.24) is 0 Å². The molecule has 0 bridgehead atoms. The molecular formula is C16H18O2. The molecule has 18 heavy (non-hydrogen) atoms. The maximum absolute atomic E-state index is 11.3. The van der Waals surface area contributed by atoms with Gasteiger partial charge in [0.25, 0.3) is 0 Å². The predicted octanol–water partition coefficient (Wildman–Crippen LogP) is 3.54. The number of carbonyl (C=O) groups excluding carboxylic acids is 1. The van der Waals surface area contributed by atoms with Gasteiger partial charge in [0.15, 0.2) is 0 Å². The zero-order valence-electron chi connectivity index (χ0n) is 10.6. The molecule has 0 spiro atoms. The second-order valence-electron chi connectivity index (χ2n) is 4.51. The van der Waals surface area contributed by atoms with E-state index < -0.39 is 0 Å². The van der Waals surface area contributed by atoms with Gasteiger partial charge in [-0.1, -0.05) is 36.4 Å². The van der Waals surface area contributed by atoms with Crippen LogP contribution in [0.25, 0.3) is 0 Å². The molecule has 0 aliphatic heterocycles. The number of rotatable bonds is 5. The fourth-order valence-corrected chi connectivity index (χ4v) is 2.14. The zero-order valence-corrected chi connectivity index (χ0v) is 10.6. The van der Waals surface area contributed by atoms with Crippen molar-refractivity contribution >= 4 is 5.97 Å². The Morgan fingerprint density at radius 2 is 1.83 bits per heavy atom. The minimum Gasteiger partial charge on any atom is -0.465 e. The van der Waals surface area contributed by atoms with Gasteiger partial charge in [-0.05, 0) is 42.9 Å². The summed E-state index contributed by atoms with van der Waals surface area (Å²) in [6, 6.07) is 7.67. The Morgan fingerprint density at radius 3 is 2.44 bits per heavy atom. The van der Waals surface area contributed by atoms with Crippen molar-refractivity contribution in [3.05, 3.63) is 59.7 Å². The fraction of sp³-hybridized carbons (Fsp3) is 0.312. The molecule has 2 rings (SSSR count). The molecule has 1 aromatic rings. The molecule has 1 aliphatic carbocycles. The van der Waals surface area contributed by atoms with Crippen LogP contribution < -0.4 is 0 Å². The SMILES string of the molecule is COC(=O)c1ccc(CCCC2C=CC=C2)cc1. The smallest absolute Gasteiger partial charge is 0.337 e. The van der Waals surface area contributed by atoms with Crippen molar-refractivity contribution in [1.29, 1.82) is 0 Å². The average molecular weight is 242 g/mol. The van der Waals surface area contributed by atoms with Crippen LogP contribution in [0.1, 0.15) is 28.8 Å². The minimum atomic E-state index is -0.275. The number of carbonyl (C=O) groups is 1.